The summed E-state index contributed by atoms with van der Waals surface area (Å²) in [5.74, 6) is 0.549. The number of rotatable bonds is 5. The van der Waals surface area contributed by atoms with E-state index in [0.29, 0.717) is 16.9 Å². The summed E-state index contributed by atoms with van der Waals surface area (Å²) in [6.07, 6.45) is 2.44. The smallest absolute Gasteiger partial charge is 0.412 e. The lowest BCUT2D eigenvalue weighted by Crippen LogP contribution is -2.15. The Morgan fingerprint density at radius 3 is 2.77 bits per heavy atom. The monoisotopic (exact) mass is 303 g/mol. The molecule has 0 aromatic carbocycles. The van der Waals surface area contributed by atoms with E-state index in [-0.39, 0.29) is 12.4 Å². The second kappa shape index (κ2) is 7.02. The third kappa shape index (κ3) is 3.60. The van der Waals surface area contributed by atoms with Crippen LogP contribution in [0.5, 0.6) is 0 Å². The average molecular weight is 303 g/mol. The number of nitrogen functional groups attached to an aromatic ring is 1. The first-order valence-corrected chi connectivity index (χ1v) is 7.42. The fourth-order valence-electron chi connectivity index (χ4n) is 2.12. The van der Waals surface area contributed by atoms with Gasteiger partial charge in [0, 0.05) is 6.07 Å². The largest absolute Gasteiger partial charge is 0.450 e. The molecule has 0 unspecified atom stereocenters. The highest BCUT2D eigenvalue weighted by Gasteiger charge is 2.12. The number of carbonyl (C=O) groups is 1. The number of nitrogens with two attached hydrogens (primary N) is 1. The molecule has 0 atom stereocenters. The first-order valence-electron chi connectivity index (χ1n) is 7.42. The van der Waals surface area contributed by atoms with Crippen LogP contribution in [0.2, 0.25) is 0 Å². The fraction of sp³-hybridized carbons (Fsp3) is 0.467. The summed E-state index contributed by atoms with van der Waals surface area (Å²) in [7, 11) is 0. The molecule has 1 amide bonds. The summed E-state index contributed by atoms with van der Waals surface area (Å²) in [6.45, 7) is 6.07. The molecule has 2 rings (SSSR count). The number of aryl methyl sites for hydroxylation is 2. The van der Waals surface area contributed by atoms with Crippen LogP contribution in [0.3, 0.4) is 0 Å². The highest BCUT2D eigenvalue weighted by atomic mass is 16.5. The molecular weight excluding hydrogens is 282 g/mol. The number of unbranched alkanes of at least 4 members (excludes halogenated alkanes) is 1. The maximum atomic E-state index is 11.4. The van der Waals surface area contributed by atoms with E-state index < -0.39 is 6.09 Å². The first-order chi connectivity index (χ1) is 10.5. The van der Waals surface area contributed by atoms with Crippen LogP contribution in [-0.2, 0) is 11.2 Å². The minimum atomic E-state index is -0.571. The molecule has 2 aromatic rings. The van der Waals surface area contributed by atoms with E-state index in [4.69, 9.17) is 10.5 Å². The van der Waals surface area contributed by atoms with Gasteiger partial charge in [-0.25, -0.2) is 19.7 Å². The van der Waals surface area contributed by atoms with Crippen molar-refractivity contribution in [2.45, 2.75) is 40.0 Å². The zero-order chi connectivity index (χ0) is 16.1. The molecule has 0 aliphatic carbocycles. The van der Waals surface area contributed by atoms with E-state index in [2.05, 4.69) is 27.2 Å². The van der Waals surface area contributed by atoms with Gasteiger partial charge in [0.2, 0.25) is 0 Å². The van der Waals surface area contributed by atoms with Gasteiger partial charge >= 0.3 is 6.09 Å². The number of nitrogens with zero attached hydrogens (tertiary/aromatic N) is 3. The molecular formula is C15H21N5O2. The number of hydrogen-bond acceptors (Lipinski definition) is 6. The second-order valence-electron chi connectivity index (χ2n) is 4.97. The molecule has 2 heterocycles. The van der Waals surface area contributed by atoms with E-state index in [1.54, 1.807) is 13.0 Å². The van der Waals surface area contributed by atoms with Crippen LogP contribution < -0.4 is 11.1 Å². The highest BCUT2D eigenvalue weighted by Crippen LogP contribution is 2.21. The Hall–Kier alpha value is -2.44. The standard InChI is InChI=1S/C15H21N5O2/c1-4-6-7-10-9(3)17-11-8-12(20-15(21)22-5-2)19-14(16)13(11)18-10/h8H,4-7H2,1-3H3,(H3,16,19,20,21). The summed E-state index contributed by atoms with van der Waals surface area (Å²) >= 11 is 0. The highest BCUT2D eigenvalue weighted by molar-refractivity contribution is 5.91. The average Bonchev–Trinajstić information content (AvgIpc) is 2.45. The second-order valence-corrected chi connectivity index (χ2v) is 4.97. The fourth-order valence-corrected chi connectivity index (χ4v) is 2.12. The Kier molecular flexibility index (Phi) is 5.08. The Morgan fingerprint density at radius 2 is 2.09 bits per heavy atom. The zero-order valence-corrected chi connectivity index (χ0v) is 13.1. The third-order valence-electron chi connectivity index (χ3n) is 3.22. The molecule has 0 bridgehead atoms. The zero-order valence-electron chi connectivity index (χ0n) is 13.1. The molecule has 0 fully saturated rings. The van der Waals surface area contributed by atoms with E-state index >= 15 is 0 Å². The minimum Gasteiger partial charge on any atom is -0.450 e. The molecule has 7 heteroatoms. The number of nitrogens with one attached hydrogen (secondary N) is 1. The van der Waals surface area contributed by atoms with Crippen LogP contribution in [0.15, 0.2) is 6.07 Å². The predicted octanol–water partition coefficient (Wildman–Crippen LogP) is 2.83. The van der Waals surface area contributed by atoms with Crippen LogP contribution in [0, 0.1) is 6.92 Å². The number of aromatic nitrogens is 3. The van der Waals surface area contributed by atoms with Gasteiger partial charge in [0.1, 0.15) is 11.3 Å². The van der Waals surface area contributed by atoms with Gasteiger partial charge in [0.15, 0.2) is 5.82 Å². The first kappa shape index (κ1) is 15.9. The number of ether oxygens (including phenoxy) is 1. The molecule has 0 aliphatic heterocycles. The van der Waals surface area contributed by atoms with Crippen LogP contribution in [0.4, 0.5) is 16.4 Å². The minimum absolute atomic E-state index is 0.245. The lowest BCUT2D eigenvalue weighted by Gasteiger charge is -2.10. The van der Waals surface area contributed by atoms with Crippen molar-refractivity contribution in [1.82, 2.24) is 15.0 Å². The van der Waals surface area contributed by atoms with E-state index in [1.807, 2.05) is 6.92 Å². The van der Waals surface area contributed by atoms with Crippen molar-refractivity contribution < 1.29 is 9.53 Å². The van der Waals surface area contributed by atoms with Crippen LogP contribution in [0.1, 0.15) is 38.1 Å². The Bertz CT molecular complexity index is 687. The molecule has 22 heavy (non-hydrogen) atoms. The summed E-state index contributed by atoms with van der Waals surface area (Å²) < 4.78 is 4.82. The lowest BCUT2D eigenvalue weighted by atomic mass is 10.1. The topological polar surface area (TPSA) is 103 Å². The maximum Gasteiger partial charge on any atom is 0.412 e. The molecule has 3 N–H and O–H groups in total. The number of fused-ring (bicyclic) bond motifs is 1. The molecule has 0 aliphatic rings. The van der Waals surface area contributed by atoms with Crippen molar-refractivity contribution >= 4 is 28.8 Å². The summed E-state index contributed by atoms with van der Waals surface area (Å²) in [5, 5.41) is 2.52. The van der Waals surface area contributed by atoms with E-state index in [1.165, 1.54) is 0 Å². The number of amides is 1. The quantitative estimate of drug-likeness (QED) is 0.880. The van der Waals surface area contributed by atoms with Crippen LogP contribution in [-0.4, -0.2) is 27.7 Å². The molecule has 2 aromatic heterocycles. The van der Waals surface area contributed by atoms with Crippen LogP contribution >= 0.6 is 0 Å². The number of carbonyl (C=O) groups excluding carboxylic acids is 1. The summed E-state index contributed by atoms with van der Waals surface area (Å²) in [6, 6.07) is 1.65. The van der Waals surface area contributed by atoms with Gasteiger partial charge < -0.3 is 10.5 Å². The van der Waals surface area contributed by atoms with Crippen molar-refractivity contribution in [3.05, 3.63) is 17.5 Å². The van der Waals surface area contributed by atoms with Crippen molar-refractivity contribution in [2.75, 3.05) is 17.7 Å². The van der Waals surface area contributed by atoms with Gasteiger partial charge in [-0.15, -0.1) is 0 Å². The Balaban J connectivity index is 2.36. The van der Waals surface area contributed by atoms with Crippen molar-refractivity contribution in [3.8, 4) is 0 Å². The molecule has 118 valence electrons. The summed E-state index contributed by atoms with van der Waals surface area (Å²) in [4.78, 5) is 24.7. The molecule has 0 saturated heterocycles. The number of anilines is 2. The van der Waals surface area contributed by atoms with E-state index in [0.717, 1.165) is 30.7 Å². The lowest BCUT2D eigenvalue weighted by molar-refractivity contribution is 0.168. The summed E-state index contributed by atoms with van der Waals surface area (Å²) in [5.41, 5.74) is 8.93. The van der Waals surface area contributed by atoms with Crippen molar-refractivity contribution in [2.24, 2.45) is 0 Å². The number of hydrogen-bond donors (Lipinski definition) is 2. The SMILES string of the molecule is CCCCc1nc2c(N)nc(NC(=O)OCC)cc2nc1C. The van der Waals surface area contributed by atoms with Crippen molar-refractivity contribution in [3.63, 3.8) is 0 Å². The van der Waals surface area contributed by atoms with Gasteiger partial charge in [0.25, 0.3) is 0 Å². The van der Waals surface area contributed by atoms with Gasteiger partial charge in [-0.1, -0.05) is 13.3 Å². The molecule has 0 saturated carbocycles. The van der Waals surface area contributed by atoms with Gasteiger partial charge in [0.05, 0.1) is 23.5 Å². The van der Waals surface area contributed by atoms with Gasteiger partial charge in [-0.2, -0.15) is 0 Å². The predicted molar refractivity (Wildman–Crippen MR) is 85.7 cm³/mol. The molecule has 7 nitrogen and oxygen atoms in total. The van der Waals surface area contributed by atoms with Crippen molar-refractivity contribution in [1.29, 1.82) is 0 Å². The van der Waals surface area contributed by atoms with Crippen LogP contribution in [0.25, 0.3) is 11.0 Å². The van der Waals surface area contributed by atoms with Gasteiger partial charge in [-0.05, 0) is 26.7 Å². The maximum absolute atomic E-state index is 11.4. The third-order valence-corrected chi connectivity index (χ3v) is 3.22. The molecule has 0 spiro atoms. The van der Waals surface area contributed by atoms with Gasteiger partial charge in [-0.3, -0.25) is 5.32 Å². The normalized spacial score (nSPS) is 10.7. The Labute approximate surface area is 129 Å². The van der Waals surface area contributed by atoms with E-state index in [9.17, 15) is 4.79 Å². The molecule has 0 radical (unpaired) electrons. The number of pyridine rings is 1. The Morgan fingerprint density at radius 1 is 1.32 bits per heavy atom.